The molecule has 11 heavy (non-hydrogen) atoms. The molecule has 60 valence electrons. The molecule has 1 heterocycles. The van der Waals surface area contributed by atoms with Crippen LogP contribution in [0.3, 0.4) is 0 Å². The van der Waals surface area contributed by atoms with Crippen molar-refractivity contribution in [1.29, 1.82) is 0 Å². The predicted molar refractivity (Wildman–Crippen MR) is 52.2 cm³/mol. The Kier molecular flexibility index (Phi) is 3.30. The predicted octanol–water partition coefficient (Wildman–Crippen LogP) is 2.66. The van der Waals surface area contributed by atoms with E-state index < -0.39 is 10.8 Å². The summed E-state index contributed by atoms with van der Waals surface area (Å²) in [5, 5.41) is 1.95. The largest absolute Gasteiger partial charge is 0.254 e. The highest BCUT2D eigenvalue weighted by Crippen LogP contribution is 2.16. The van der Waals surface area contributed by atoms with Gasteiger partial charge in [0.1, 0.15) is 4.36 Å². The average Bonchev–Trinajstić information content (AvgIpc) is 2.39. The van der Waals surface area contributed by atoms with Crippen molar-refractivity contribution in [2.75, 3.05) is 6.26 Å². The van der Waals surface area contributed by atoms with Crippen LogP contribution in [0.5, 0.6) is 0 Å². The van der Waals surface area contributed by atoms with Crippen molar-refractivity contribution >= 4 is 39.8 Å². The van der Waals surface area contributed by atoms with Crippen LogP contribution in [0, 0.1) is 0 Å². The van der Waals surface area contributed by atoms with Gasteiger partial charge in [-0.05, 0) is 17.5 Å². The Balaban J connectivity index is 2.82. The fourth-order valence-corrected chi connectivity index (χ4v) is 1.78. The molecule has 1 aromatic rings. The third kappa shape index (κ3) is 2.77. The summed E-state index contributed by atoms with van der Waals surface area (Å²) >= 11 is 7.25. The van der Waals surface area contributed by atoms with E-state index in [2.05, 4.69) is 0 Å². The van der Waals surface area contributed by atoms with Crippen LogP contribution < -0.4 is 0 Å². The molecule has 0 aliphatic rings. The average molecular weight is 207 g/mol. The van der Waals surface area contributed by atoms with Gasteiger partial charge >= 0.3 is 0 Å². The highest BCUT2D eigenvalue weighted by molar-refractivity contribution is 7.90. The summed E-state index contributed by atoms with van der Waals surface area (Å²) in [6.07, 6.45) is 3.29. The van der Waals surface area contributed by atoms with Gasteiger partial charge < -0.3 is 0 Å². The van der Waals surface area contributed by atoms with E-state index in [4.69, 9.17) is 11.6 Å². The van der Waals surface area contributed by atoms with Gasteiger partial charge in [0.05, 0.1) is 10.8 Å². The Morgan fingerprint density at radius 3 is 3.00 bits per heavy atom. The van der Waals surface area contributed by atoms with Crippen LogP contribution in [-0.4, -0.2) is 10.5 Å². The molecule has 1 rings (SSSR count). The molecule has 0 radical (unpaired) electrons. The lowest BCUT2D eigenvalue weighted by molar-refractivity contribution is 0.691. The molecule has 0 saturated carbocycles. The van der Waals surface area contributed by atoms with Crippen molar-refractivity contribution < 1.29 is 4.21 Å². The third-order valence-corrected chi connectivity index (χ3v) is 3.32. The lowest BCUT2D eigenvalue weighted by atomic mass is 10.5. The van der Waals surface area contributed by atoms with Crippen LogP contribution >= 0.6 is 22.9 Å². The molecule has 0 saturated heterocycles. The molecule has 1 aromatic heterocycles. The maximum absolute atomic E-state index is 10.8. The lowest BCUT2D eigenvalue weighted by Crippen LogP contribution is -1.81. The van der Waals surface area contributed by atoms with Crippen LogP contribution in [-0.2, 0) is 10.8 Å². The molecule has 0 aliphatic heterocycles. The van der Waals surface area contributed by atoms with Gasteiger partial charge in [0, 0.05) is 11.1 Å². The molecule has 0 bridgehead atoms. The zero-order valence-electron chi connectivity index (χ0n) is 5.91. The second kappa shape index (κ2) is 4.04. The first-order chi connectivity index (χ1) is 5.20. The summed E-state index contributed by atoms with van der Waals surface area (Å²) in [6, 6.07) is 3.86. The van der Waals surface area contributed by atoms with E-state index in [0.29, 0.717) is 4.36 Å². The maximum atomic E-state index is 10.8. The summed E-state index contributed by atoms with van der Waals surface area (Å²) in [7, 11) is -1.06. The zero-order valence-corrected chi connectivity index (χ0v) is 8.30. The molecule has 1 nitrogen and oxygen atoms in total. The number of hydrogen-bond acceptors (Lipinski definition) is 2. The van der Waals surface area contributed by atoms with Gasteiger partial charge in [-0.2, -0.15) is 0 Å². The third-order valence-electron chi connectivity index (χ3n) is 1.07. The van der Waals surface area contributed by atoms with Crippen molar-refractivity contribution in [3.05, 3.63) is 26.8 Å². The molecule has 0 amide bonds. The van der Waals surface area contributed by atoms with Gasteiger partial charge in [0.2, 0.25) is 0 Å². The van der Waals surface area contributed by atoms with E-state index in [1.165, 1.54) is 0 Å². The second-order valence-corrected chi connectivity index (χ2v) is 4.88. The lowest BCUT2D eigenvalue weighted by Gasteiger charge is -1.89. The van der Waals surface area contributed by atoms with Crippen molar-refractivity contribution in [3.63, 3.8) is 0 Å². The van der Waals surface area contributed by atoms with E-state index in [9.17, 15) is 4.21 Å². The van der Waals surface area contributed by atoms with Crippen LogP contribution in [0.15, 0.2) is 21.9 Å². The molecule has 0 aromatic carbocycles. The molecule has 0 spiro atoms. The summed E-state index contributed by atoms with van der Waals surface area (Å²) in [5.41, 5.74) is 0. The number of rotatable bonds is 2. The molecular weight excluding hydrogens is 200 g/mol. The smallest absolute Gasteiger partial charge is 0.106 e. The molecule has 0 unspecified atom stereocenters. The fraction of sp³-hybridized carbons (Fsp3) is 0.143. The molecule has 4 heteroatoms. The molecule has 1 atom stereocenters. The Morgan fingerprint density at radius 1 is 1.82 bits per heavy atom. The van der Waals surface area contributed by atoms with Crippen LogP contribution in [0.25, 0.3) is 6.08 Å². The number of thiophene rings is 1. The minimum atomic E-state index is -1.06. The van der Waals surface area contributed by atoms with Crippen molar-refractivity contribution in [2.24, 2.45) is 0 Å². The first-order valence-corrected chi connectivity index (χ1v) is 5.76. The van der Waals surface area contributed by atoms with Gasteiger partial charge in [-0.1, -0.05) is 17.7 Å². The van der Waals surface area contributed by atoms with Crippen molar-refractivity contribution in [2.45, 2.75) is 0 Å². The summed E-state index contributed by atoms with van der Waals surface area (Å²) in [4.78, 5) is 1.03. The normalized spacial score (nSPS) is 14.9. The van der Waals surface area contributed by atoms with Crippen LogP contribution in [0.1, 0.15) is 4.88 Å². The number of hydrogen-bond donors (Lipinski definition) is 0. The maximum Gasteiger partial charge on any atom is 0.106 e. The minimum Gasteiger partial charge on any atom is -0.254 e. The van der Waals surface area contributed by atoms with Gasteiger partial charge in [-0.15, -0.1) is 11.3 Å². The highest BCUT2D eigenvalue weighted by atomic mass is 35.5. The quantitative estimate of drug-likeness (QED) is 0.727. The molecule has 0 fully saturated rings. The topological polar surface area (TPSA) is 17.1 Å². The van der Waals surface area contributed by atoms with Gasteiger partial charge in [-0.25, -0.2) is 0 Å². The SMILES string of the molecule is C[S@](=O)/C(Cl)=C\c1cccs1. The van der Waals surface area contributed by atoms with E-state index in [1.54, 1.807) is 23.7 Å². The molecule has 0 aliphatic carbocycles. The van der Waals surface area contributed by atoms with E-state index in [-0.39, 0.29) is 0 Å². The van der Waals surface area contributed by atoms with Crippen molar-refractivity contribution in [1.82, 2.24) is 0 Å². The van der Waals surface area contributed by atoms with E-state index in [1.807, 2.05) is 17.5 Å². The Labute approximate surface area is 77.2 Å². The van der Waals surface area contributed by atoms with Gasteiger partial charge in [-0.3, -0.25) is 4.21 Å². The van der Waals surface area contributed by atoms with Crippen LogP contribution in [0.2, 0.25) is 0 Å². The summed E-state index contributed by atoms with van der Waals surface area (Å²) in [5.74, 6) is 0. The first-order valence-electron chi connectivity index (χ1n) is 2.94. The molecular formula is C7H7ClOS2. The van der Waals surface area contributed by atoms with Crippen LogP contribution in [0.4, 0.5) is 0 Å². The highest BCUT2D eigenvalue weighted by Gasteiger charge is 1.96. The molecule has 0 N–H and O–H groups in total. The number of halogens is 1. The Morgan fingerprint density at radius 2 is 2.55 bits per heavy atom. The van der Waals surface area contributed by atoms with E-state index >= 15 is 0 Å². The van der Waals surface area contributed by atoms with E-state index in [0.717, 1.165) is 4.88 Å². The first kappa shape index (κ1) is 8.97. The zero-order chi connectivity index (χ0) is 8.27. The Bertz CT molecular complexity index is 277. The fourth-order valence-electron chi connectivity index (χ4n) is 0.568. The Hall–Kier alpha value is -0.120. The van der Waals surface area contributed by atoms with Gasteiger partial charge in [0.25, 0.3) is 0 Å². The summed E-state index contributed by atoms with van der Waals surface area (Å²) in [6.45, 7) is 0. The second-order valence-electron chi connectivity index (χ2n) is 1.92. The standard InChI is InChI=1S/C7H7ClOS2/c1-11(9)7(8)5-6-3-2-4-10-6/h2-5H,1H3/b7-5-/t11-/m0/s1. The van der Waals surface area contributed by atoms with Crippen molar-refractivity contribution in [3.8, 4) is 0 Å². The minimum absolute atomic E-state index is 0.396. The van der Waals surface area contributed by atoms with Gasteiger partial charge in [0.15, 0.2) is 0 Å². The summed E-state index contributed by atoms with van der Waals surface area (Å²) < 4.78 is 11.2. The monoisotopic (exact) mass is 206 g/mol.